The summed E-state index contributed by atoms with van der Waals surface area (Å²) in [6.07, 6.45) is 4.41. The zero-order valence-corrected chi connectivity index (χ0v) is 20.7. The number of benzene rings is 1. The Balaban J connectivity index is 0.00000100. The molecule has 0 aliphatic heterocycles. The van der Waals surface area contributed by atoms with Crippen LogP contribution < -0.4 is 16.1 Å². The van der Waals surface area contributed by atoms with E-state index in [2.05, 4.69) is 33.8 Å². The SMILES string of the molecule is CCCC(=O)NC(CC(C)C)c1nc2cc(C(=O)NCC(=O)OC)ccc2n1C1CC1.O=CNO. The molecule has 1 aromatic carbocycles. The van der Waals surface area contributed by atoms with Gasteiger partial charge >= 0.3 is 5.97 Å². The predicted octanol–water partition coefficient (Wildman–Crippen LogP) is 2.40. The van der Waals surface area contributed by atoms with Crippen LogP contribution in [0.25, 0.3) is 11.0 Å². The largest absolute Gasteiger partial charge is 0.468 e. The van der Waals surface area contributed by atoms with Crippen molar-refractivity contribution in [3.8, 4) is 0 Å². The van der Waals surface area contributed by atoms with Gasteiger partial charge in [0.1, 0.15) is 12.4 Å². The summed E-state index contributed by atoms with van der Waals surface area (Å²) in [5.41, 5.74) is 3.35. The van der Waals surface area contributed by atoms with Crippen molar-refractivity contribution < 1.29 is 29.1 Å². The number of rotatable bonds is 11. The molecule has 1 saturated carbocycles. The second-order valence-electron chi connectivity index (χ2n) is 8.78. The minimum atomic E-state index is -0.505. The Labute approximate surface area is 204 Å². The number of nitrogens with one attached hydrogen (secondary N) is 3. The molecular formula is C24H35N5O6. The maximum Gasteiger partial charge on any atom is 0.325 e. The van der Waals surface area contributed by atoms with Crippen LogP contribution in [0.3, 0.4) is 0 Å². The van der Waals surface area contributed by atoms with Crippen molar-refractivity contribution in [1.29, 1.82) is 0 Å². The summed E-state index contributed by atoms with van der Waals surface area (Å²) >= 11 is 0. The zero-order valence-electron chi connectivity index (χ0n) is 20.7. The van der Waals surface area contributed by atoms with E-state index in [1.807, 2.05) is 13.0 Å². The lowest BCUT2D eigenvalue weighted by Gasteiger charge is -2.21. The maximum absolute atomic E-state index is 12.4. The van der Waals surface area contributed by atoms with E-state index >= 15 is 0 Å². The van der Waals surface area contributed by atoms with Crippen molar-refractivity contribution in [2.45, 2.75) is 65.0 Å². The molecule has 0 spiro atoms. The smallest absolute Gasteiger partial charge is 0.325 e. The average Bonchev–Trinajstić information content (AvgIpc) is 3.60. The van der Waals surface area contributed by atoms with E-state index in [1.54, 1.807) is 12.1 Å². The number of imidazole rings is 1. The number of esters is 1. The third-order valence-electron chi connectivity index (χ3n) is 5.40. The molecular weight excluding hydrogens is 454 g/mol. The maximum atomic E-state index is 12.4. The fraction of sp³-hybridized carbons (Fsp3) is 0.542. The van der Waals surface area contributed by atoms with Crippen molar-refractivity contribution in [3.05, 3.63) is 29.6 Å². The quantitative estimate of drug-likeness (QED) is 0.164. The summed E-state index contributed by atoms with van der Waals surface area (Å²) in [5.74, 6) is 0.408. The molecule has 192 valence electrons. The number of ether oxygens (including phenoxy) is 1. The van der Waals surface area contributed by atoms with Crippen molar-refractivity contribution >= 4 is 35.2 Å². The highest BCUT2D eigenvalue weighted by Crippen LogP contribution is 2.41. The molecule has 3 rings (SSSR count). The molecule has 3 amide bonds. The van der Waals surface area contributed by atoms with Crippen LogP contribution in [0, 0.1) is 5.92 Å². The summed E-state index contributed by atoms with van der Waals surface area (Å²) in [5, 5.41) is 13.0. The topological polar surface area (TPSA) is 152 Å². The summed E-state index contributed by atoms with van der Waals surface area (Å²) in [4.78, 5) is 49.8. The van der Waals surface area contributed by atoms with Gasteiger partial charge < -0.3 is 19.9 Å². The fourth-order valence-corrected chi connectivity index (χ4v) is 3.74. The van der Waals surface area contributed by atoms with Crippen molar-refractivity contribution in [1.82, 2.24) is 25.7 Å². The molecule has 1 aliphatic carbocycles. The van der Waals surface area contributed by atoms with Crippen molar-refractivity contribution in [2.24, 2.45) is 5.92 Å². The van der Waals surface area contributed by atoms with Crippen LogP contribution >= 0.6 is 0 Å². The van der Waals surface area contributed by atoms with E-state index in [1.165, 1.54) is 12.6 Å². The van der Waals surface area contributed by atoms with Gasteiger partial charge in [0.05, 0.1) is 24.2 Å². The predicted molar refractivity (Wildman–Crippen MR) is 129 cm³/mol. The number of hydroxylamine groups is 1. The third-order valence-corrected chi connectivity index (χ3v) is 5.40. The molecule has 35 heavy (non-hydrogen) atoms. The van der Waals surface area contributed by atoms with Crippen LogP contribution in [0.1, 0.15) is 81.1 Å². The van der Waals surface area contributed by atoms with E-state index in [4.69, 9.17) is 15.0 Å². The Morgan fingerprint density at radius 2 is 1.97 bits per heavy atom. The molecule has 1 unspecified atom stereocenters. The highest BCUT2D eigenvalue weighted by molar-refractivity contribution is 5.98. The summed E-state index contributed by atoms with van der Waals surface area (Å²) < 4.78 is 6.79. The molecule has 0 radical (unpaired) electrons. The second-order valence-corrected chi connectivity index (χ2v) is 8.78. The lowest BCUT2D eigenvalue weighted by atomic mass is 10.0. The van der Waals surface area contributed by atoms with E-state index in [9.17, 15) is 14.4 Å². The number of aromatic nitrogens is 2. The highest BCUT2D eigenvalue weighted by atomic mass is 16.5. The van der Waals surface area contributed by atoms with E-state index in [0.717, 1.165) is 37.0 Å². The molecule has 1 aromatic heterocycles. The number of nitrogens with zero attached hydrogens (tertiary/aromatic N) is 2. The van der Waals surface area contributed by atoms with Crippen LogP contribution in [-0.4, -0.2) is 52.6 Å². The van der Waals surface area contributed by atoms with E-state index in [0.29, 0.717) is 29.5 Å². The first kappa shape index (κ1) is 27.8. The first-order valence-electron chi connectivity index (χ1n) is 11.7. The van der Waals surface area contributed by atoms with Crippen LogP contribution in [0.15, 0.2) is 18.2 Å². The lowest BCUT2D eigenvalue weighted by Crippen LogP contribution is -2.31. The van der Waals surface area contributed by atoms with Crippen LogP contribution in [-0.2, 0) is 19.1 Å². The number of carbonyl (C=O) groups is 4. The Hall–Kier alpha value is -3.47. The van der Waals surface area contributed by atoms with Gasteiger partial charge in [0.25, 0.3) is 5.91 Å². The molecule has 4 N–H and O–H groups in total. The molecule has 1 heterocycles. The third kappa shape index (κ3) is 8.06. The molecule has 11 nitrogen and oxygen atoms in total. The Kier molecular flexibility index (Phi) is 10.7. The summed E-state index contributed by atoms with van der Waals surface area (Å²) in [6.45, 7) is 6.07. The summed E-state index contributed by atoms with van der Waals surface area (Å²) in [7, 11) is 1.28. The molecule has 1 fully saturated rings. The number of methoxy groups -OCH3 is 1. The van der Waals surface area contributed by atoms with Gasteiger partial charge in [-0.1, -0.05) is 20.8 Å². The normalized spacial score (nSPS) is 13.4. The van der Waals surface area contributed by atoms with Crippen molar-refractivity contribution in [2.75, 3.05) is 13.7 Å². The molecule has 11 heteroatoms. The van der Waals surface area contributed by atoms with Gasteiger partial charge in [-0.2, -0.15) is 0 Å². The van der Waals surface area contributed by atoms with Gasteiger partial charge in [0, 0.05) is 18.0 Å². The molecule has 2 aromatic rings. The number of hydrogen-bond donors (Lipinski definition) is 4. The number of hydrogen-bond acceptors (Lipinski definition) is 7. The second kappa shape index (κ2) is 13.4. The van der Waals surface area contributed by atoms with Crippen LogP contribution in [0.4, 0.5) is 0 Å². The molecule has 1 atom stereocenters. The first-order chi connectivity index (χ1) is 16.7. The number of amides is 3. The van der Waals surface area contributed by atoms with Gasteiger partial charge in [-0.05, 0) is 49.8 Å². The van der Waals surface area contributed by atoms with Gasteiger partial charge in [-0.25, -0.2) is 10.5 Å². The Bertz CT molecular complexity index is 1030. The van der Waals surface area contributed by atoms with Gasteiger partial charge in [0.15, 0.2) is 0 Å². The Morgan fingerprint density at radius 1 is 1.29 bits per heavy atom. The van der Waals surface area contributed by atoms with Crippen molar-refractivity contribution in [3.63, 3.8) is 0 Å². The molecule has 1 aliphatic rings. The number of fused-ring (bicyclic) bond motifs is 1. The van der Waals surface area contributed by atoms with E-state index < -0.39 is 5.97 Å². The minimum absolute atomic E-state index is 0.0328. The van der Waals surface area contributed by atoms with Crippen LogP contribution in [0.5, 0.6) is 0 Å². The number of carbonyl (C=O) groups excluding carboxylic acids is 4. The first-order valence-corrected chi connectivity index (χ1v) is 11.7. The fourth-order valence-electron chi connectivity index (χ4n) is 3.74. The van der Waals surface area contributed by atoms with E-state index in [-0.39, 0.29) is 30.8 Å². The average molecular weight is 490 g/mol. The van der Waals surface area contributed by atoms with Gasteiger partial charge in [-0.3, -0.25) is 24.4 Å². The monoisotopic (exact) mass is 489 g/mol. The zero-order chi connectivity index (χ0) is 26.0. The lowest BCUT2D eigenvalue weighted by molar-refractivity contribution is -0.139. The van der Waals surface area contributed by atoms with Crippen LogP contribution in [0.2, 0.25) is 0 Å². The highest BCUT2D eigenvalue weighted by Gasteiger charge is 2.32. The molecule has 0 bridgehead atoms. The van der Waals surface area contributed by atoms with Gasteiger partial charge in [0.2, 0.25) is 12.3 Å². The molecule has 0 saturated heterocycles. The van der Waals surface area contributed by atoms with Gasteiger partial charge in [-0.15, -0.1) is 0 Å². The Morgan fingerprint density at radius 3 is 2.51 bits per heavy atom. The summed E-state index contributed by atoms with van der Waals surface area (Å²) in [6, 6.07) is 5.58. The standard InChI is InChI=1S/C23H32N4O4.CH3NO2/c1-5-6-20(28)25-18(11-14(2)3)22-26-17-12-15(23(30)24-13-21(29)31-4)7-10-19(17)27(22)16-8-9-16;3-1-2-4/h7,10,12,14,16,18H,5-6,8-9,11,13H2,1-4H3,(H,24,30)(H,25,28);1,4H,(H,2,3). The minimum Gasteiger partial charge on any atom is -0.468 e.